The number of hydrogen-bond acceptors (Lipinski definition) is 7. The standard InChI is InChI=1S/C35H46Cl2N8O2/c1-6-29(46)43-19-35(20-43)13-23(14-35)45-21(2)30(31-24-15-38-39-26(24)11-25(36)32(31)37)33(40-45)44-8-7-22(12-34(44,3)4)16-42-17-27-28(18-42)47-10-9-41(27)5/h6,11,15,22-23,27-28H,1,7-10,12-14,16-20H2,2-5H3,(H,38,39)/t22-,27?,28?/m1/s1. The summed E-state index contributed by atoms with van der Waals surface area (Å²) in [6.07, 6.45) is 7.77. The first-order valence-corrected chi connectivity index (χ1v) is 17.9. The minimum Gasteiger partial charge on any atom is -0.374 e. The number of amides is 1. The van der Waals surface area contributed by atoms with E-state index in [0.717, 1.165) is 112 Å². The van der Waals surface area contributed by atoms with E-state index in [-0.39, 0.29) is 22.9 Å². The number of likely N-dealkylation sites (tertiary alicyclic amines) is 2. The number of morpholine rings is 1. The summed E-state index contributed by atoms with van der Waals surface area (Å²) in [6.45, 7) is 18.1. The summed E-state index contributed by atoms with van der Waals surface area (Å²) in [5.41, 5.74) is 3.94. The number of hydrogen-bond donors (Lipinski definition) is 1. The van der Waals surface area contributed by atoms with E-state index in [9.17, 15) is 4.79 Å². The molecule has 3 atom stereocenters. The Hall–Kier alpha value is -2.63. The van der Waals surface area contributed by atoms with Gasteiger partial charge < -0.3 is 14.5 Å². The lowest BCUT2D eigenvalue weighted by Gasteiger charge is -2.58. The second-order valence-electron chi connectivity index (χ2n) is 15.6. The van der Waals surface area contributed by atoms with E-state index in [1.165, 1.54) is 6.08 Å². The number of carbonyl (C=O) groups is 1. The normalized spacial score (nSPS) is 27.7. The Morgan fingerprint density at radius 1 is 1.17 bits per heavy atom. The second kappa shape index (κ2) is 11.5. The van der Waals surface area contributed by atoms with Crippen LogP contribution in [0.1, 0.15) is 51.3 Å². The van der Waals surface area contributed by atoms with E-state index in [1.807, 2.05) is 17.2 Å². The van der Waals surface area contributed by atoms with Gasteiger partial charge in [0.15, 0.2) is 5.82 Å². The molecule has 2 aromatic heterocycles. The molecule has 5 fully saturated rings. The molecule has 0 radical (unpaired) electrons. The number of aromatic nitrogens is 4. The highest BCUT2D eigenvalue weighted by Gasteiger charge is 2.55. The molecule has 47 heavy (non-hydrogen) atoms. The van der Waals surface area contributed by atoms with Gasteiger partial charge in [-0.05, 0) is 71.6 Å². The number of aromatic amines is 1. The van der Waals surface area contributed by atoms with Gasteiger partial charge in [-0.2, -0.15) is 10.2 Å². The van der Waals surface area contributed by atoms with Crippen molar-refractivity contribution in [2.45, 2.75) is 70.2 Å². The predicted molar refractivity (Wildman–Crippen MR) is 186 cm³/mol. The Morgan fingerprint density at radius 2 is 1.96 bits per heavy atom. The molecule has 1 saturated carbocycles. The highest BCUT2D eigenvalue weighted by atomic mass is 35.5. The zero-order valence-electron chi connectivity index (χ0n) is 27.9. The number of carbonyl (C=O) groups excluding carboxylic acids is 1. The van der Waals surface area contributed by atoms with Crippen LogP contribution in [0.2, 0.25) is 10.0 Å². The Labute approximate surface area is 287 Å². The van der Waals surface area contributed by atoms with Crippen molar-refractivity contribution in [3.63, 3.8) is 0 Å². The van der Waals surface area contributed by atoms with Crippen molar-refractivity contribution in [1.82, 2.24) is 34.7 Å². The molecule has 0 bridgehead atoms. The van der Waals surface area contributed by atoms with Crippen LogP contribution in [0.15, 0.2) is 24.9 Å². The molecular formula is C35H46Cl2N8O2. The molecule has 4 saturated heterocycles. The Balaban J connectivity index is 1.09. The minimum absolute atomic E-state index is 0.0213. The van der Waals surface area contributed by atoms with E-state index in [4.69, 9.17) is 33.0 Å². The fourth-order valence-corrected chi connectivity index (χ4v) is 10.0. The lowest BCUT2D eigenvalue weighted by Crippen LogP contribution is -2.63. The summed E-state index contributed by atoms with van der Waals surface area (Å²) in [6, 6.07) is 2.62. The van der Waals surface area contributed by atoms with Crippen LogP contribution in [0, 0.1) is 18.3 Å². The number of nitrogens with one attached hydrogen (secondary N) is 1. The van der Waals surface area contributed by atoms with Gasteiger partial charge in [0.05, 0.1) is 40.5 Å². The third-order valence-electron chi connectivity index (χ3n) is 11.9. The molecule has 10 nitrogen and oxygen atoms in total. The van der Waals surface area contributed by atoms with E-state index >= 15 is 0 Å². The molecule has 1 spiro atoms. The van der Waals surface area contributed by atoms with Crippen LogP contribution in [0.5, 0.6) is 0 Å². The Bertz CT molecular complexity index is 1720. The largest absolute Gasteiger partial charge is 0.374 e. The van der Waals surface area contributed by atoms with E-state index in [1.54, 1.807) is 0 Å². The topological polar surface area (TPSA) is 85.8 Å². The van der Waals surface area contributed by atoms with Crippen LogP contribution < -0.4 is 4.90 Å². The van der Waals surface area contributed by atoms with Crippen LogP contribution >= 0.6 is 23.2 Å². The van der Waals surface area contributed by atoms with Crippen LogP contribution in [0.25, 0.3) is 22.0 Å². The third-order valence-corrected chi connectivity index (χ3v) is 12.7. The lowest BCUT2D eigenvalue weighted by molar-refractivity contribution is -0.149. The molecule has 12 heteroatoms. The van der Waals surface area contributed by atoms with Crippen LogP contribution in [0.3, 0.4) is 0 Å². The zero-order chi connectivity index (χ0) is 32.8. The highest BCUT2D eigenvalue weighted by Crippen LogP contribution is 2.56. The van der Waals surface area contributed by atoms with Gasteiger partial charge in [0.1, 0.15) is 0 Å². The maximum Gasteiger partial charge on any atom is 0.245 e. The van der Waals surface area contributed by atoms with Gasteiger partial charge in [0, 0.05) is 85.0 Å². The van der Waals surface area contributed by atoms with Crippen molar-refractivity contribution in [2.24, 2.45) is 11.3 Å². The quantitative estimate of drug-likeness (QED) is 0.349. The van der Waals surface area contributed by atoms with Crippen molar-refractivity contribution in [1.29, 1.82) is 0 Å². The molecule has 5 aliphatic rings. The van der Waals surface area contributed by atoms with Crippen LogP contribution in [-0.2, 0) is 9.53 Å². The number of fused-ring (bicyclic) bond motifs is 2. The van der Waals surface area contributed by atoms with Crippen molar-refractivity contribution in [2.75, 3.05) is 64.4 Å². The number of rotatable bonds is 6. The number of anilines is 1. The van der Waals surface area contributed by atoms with Crippen molar-refractivity contribution in [3.8, 4) is 11.1 Å². The molecule has 252 valence electrons. The maximum atomic E-state index is 12.1. The summed E-state index contributed by atoms with van der Waals surface area (Å²) in [7, 11) is 2.24. The summed E-state index contributed by atoms with van der Waals surface area (Å²) in [5, 5.41) is 14.9. The predicted octanol–water partition coefficient (Wildman–Crippen LogP) is 5.40. The Morgan fingerprint density at radius 3 is 2.68 bits per heavy atom. The Kier molecular flexibility index (Phi) is 7.72. The van der Waals surface area contributed by atoms with E-state index < -0.39 is 0 Å². The van der Waals surface area contributed by atoms with Gasteiger partial charge in [0.2, 0.25) is 5.91 Å². The van der Waals surface area contributed by atoms with Gasteiger partial charge in [-0.1, -0.05) is 29.8 Å². The smallest absolute Gasteiger partial charge is 0.245 e. The molecular weight excluding hydrogens is 635 g/mol. The SMILES string of the molecule is C=CC(=O)N1CC2(CC(n3nc(N4CC[C@@H](CN5CC6OCCN(C)C6C5)CC4(C)C)c(-c4c(Cl)c(Cl)cc5[nH]ncc45)c3C)C2)C1. The summed E-state index contributed by atoms with van der Waals surface area (Å²) in [5.74, 6) is 1.59. The van der Waals surface area contributed by atoms with Crippen molar-refractivity contribution >= 4 is 45.8 Å². The molecule has 2 unspecified atom stereocenters. The third kappa shape index (κ3) is 5.21. The number of piperidine rings is 1. The molecule has 3 aromatic rings. The second-order valence-corrected chi connectivity index (χ2v) is 16.4. The number of halogens is 2. The number of likely N-dealkylation sites (N-methyl/N-ethyl adjacent to an activating group) is 1. The number of H-pyrrole nitrogens is 1. The molecule has 8 rings (SSSR count). The molecule has 6 heterocycles. The molecule has 1 N–H and O–H groups in total. The molecule has 4 aliphatic heterocycles. The summed E-state index contributed by atoms with van der Waals surface area (Å²) < 4.78 is 8.38. The molecule has 1 amide bonds. The fraction of sp³-hybridized carbons (Fsp3) is 0.629. The average Bonchev–Trinajstić information content (AvgIpc) is 3.70. The van der Waals surface area contributed by atoms with E-state index in [2.05, 4.69) is 64.0 Å². The first-order valence-electron chi connectivity index (χ1n) is 17.1. The van der Waals surface area contributed by atoms with Gasteiger partial charge in [-0.3, -0.25) is 24.4 Å². The van der Waals surface area contributed by atoms with Crippen molar-refractivity contribution < 1.29 is 9.53 Å². The number of benzene rings is 1. The average molecular weight is 682 g/mol. The van der Waals surface area contributed by atoms with Crippen molar-refractivity contribution in [3.05, 3.63) is 40.7 Å². The first kappa shape index (κ1) is 31.6. The van der Waals surface area contributed by atoms with Gasteiger partial charge in [0.25, 0.3) is 0 Å². The van der Waals surface area contributed by atoms with E-state index in [0.29, 0.717) is 28.1 Å². The minimum atomic E-state index is -0.121. The molecule has 1 aliphatic carbocycles. The van der Waals surface area contributed by atoms with Crippen LogP contribution in [-0.4, -0.2) is 118 Å². The summed E-state index contributed by atoms with van der Waals surface area (Å²) >= 11 is 13.8. The number of nitrogens with zero attached hydrogens (tertiary/aromatic N) is 7. The monoisotopic (exact) mass is 680 g/mol. The molecule has 1 aromatic carbocycles. The number of ether oxygens (including phenoxy) is 1. The van der Waals surface area contributed by atoms with Gasteiger partial charge >= 0.3 is 0 Å². The first-order chi connectivity index (χ1) is 22.5. The van der Waals surface area contributed by atoms with Crippen LogP contribution in [0.4, 0.5) is 5.82 Å². The zero-order valence-corrected chi connectivity index (χ0v) is 29.4. The maximum absolute atomic E-state index is 12.1. The highest BCUT2D eigenvalue weighted by molar-refractivity contribution is 6.45. The fourth-order valence-electron chi connectivity index (χ4n) is 9.57. The summed E-state index contributed by atoms with van der Waals surface area (Å²) in [4.78, 5) is 21.7. The van der Waals surface area contributed by atoms with Gasteiger partial charge in [-0.25, -0.2) is 0 Å². The lowest BCUT2D eigenvalue weighted by atomic mass is 9.60. The van der Waals surface area contributed by atoms with Gasteiger partial charge in [-0.15, -0.1) is 0 Å².